The van der Waals surface area contributed by atoms with E-state index in [0.717, 1.165) is 0 Å². The maximum absolute atomic E-state index is 10.6. The molecule has 0 saturated heterocycles. The number of hydrogen-bond donors (Lipinski definition) is 2. The van der Waals surface area contributed by atoms with Gasteiger partial charge < -0.3 is 16.4 Å². The maximum Gasteiger partial charge on any atom is 1.00 e. The molecule has 0 aliphatic heterocycles. The molecule has 0 spiro atoms. The van der Waals surface area contributed by atoms with Gasteiger partial charge in [-0.3, -0.25) is 4.79 Å². The van der Waals surface area contributed by atoms with Crippen molar-refractivity contribution in [2.45, 2.75) is 6.92 Å². The molecule has 0 unspecified atom stereocenters. The number of carbonyl (C=O) groups excluding carboxylic acids is 1. The summed E-state index contributed by atoms with van der Waals surface area (Å²) in [6.45, 7) is 1.33. The van der Waals surface area contributed by atoms with Crippen molar-refractivity contribution in [2.75, 3.05) is 5.32 Å². The molecule has 72 valence electrons. The third kappa shape index (κ3) is 3.13. The molecule has 0 aliphatic rings. The topological polar surface area (TPSA) is 84.2 Å². The summed E-state index contributed by atoms with van der Waals surface area (Å²) in [5.74, 6) is -1.27. The first-order chi connectivity index (χ1) is 6.00. The van der Waals surface area contributed by atoms with Crippen LogP contribution in [0.5, 0.6) is 0 Å². The predicted molar refractivity (Wildman–Crippen MR) is 45.6 cm³/mol. The largest absolute Gasteiger partial charge is 1.00 e. The number of imidazole rings is 1. The molecule has 14 heavy (non-hydrogen) atoms. The van der Waals surface area contributed by atoms with Crippen molar-refractivity contribution in [3.05, 3.63) is 12.0 Å². The minimum atomic E-state index is -1.13. The van der Waals surface area contributed by atoms with Gasteiger partial charge in [-0.2, -0.15) is 0 Å². The van der Waals surface area contributed by atoms with E-state index in [4.69, 9.17) is 5.11 Å². The molecule has 0 saturated carbocycles. The molecular weight excluding hydrogens is 197 g/mol. The smallest absolute Gasteiger partial charge is 1.00 e. The second-order valence-corrected chi connectivity index (χ2v) is 2.55. The first kappa shape index (κ1) is 13.2. The molecule has 1 aromatic rings. The van der Waals surface area contributed by atoms with Gasteiger partial charge in [0.25, 0.3) is 0 Å². The molecule has 0 radical (unpaired) electrons. The second kappa shape index (κ2) is 5.14. The molecule has 0 atom stereocenters. The van der Waals surface area contributed by atoms with E-state index in [2.05, 4.69) is 10.3 Å². The molecule has 0 aliphatic carbocycles. The van der Waals surface area contributed by atoms with E-state index in [1.807, 2.05) is 0 Å². The number of carboxylic acids is 1. The Labute approximate surface area is 104 Å². The van der Waals surface area contributed by atoms with Crippen LogP contribution in [0.1, 0.15) is 19.0 Å². The van der Waals surface area contributed by atoms with Gasteiger partial charge in [0.1, 0.15) is 0 Å². The fourth-order valence-corrected chi connectivity index (χ4v) is 0.906. The SMILES string of the molecule is CC(=O)Nc1cn(C)c(C(=O)O)n1.[H-].[Na+]. The minimum Gasteiger partial charge on any atom is -1.00 e. The number of aryl methyl sites for hydroxylation is 1. The Balaban J connectivity index is 0. The Morgan fingerprint density at radius 3 is 2.57 bits per heavy atom. The van der Waals surface area contributed by atoms with Gasteiger partial charge in [-0.05, 0) is 0 Å². The van der Waals surface area contributed by atoms with Crippen LogP contribution in [0.25, 0.3) is 0 Å². The number of nitrogens with zero attached hydrogens (tertiary/aromatic N) is 2. The van der Waals surface area contributed by atoms with Crippen molar-refractivity contribution in [3.63, 3.8) is 0 Å². The summed E-state index contributed by atoms with van der Waals surface area (Å²) in [6, 6.07) is 0. The summed E-state index contributed by atoms with van der Waals surface area (Å²) >= 11 is 0. The molecular formula is C7H10N3NaO3. The summed E-state index contributed by atoms with van der Waals surface area (Å²) in [5, 5.41) is 11.0. The van der Waals surface area contributed by atoms with Crippen LogP contribution in [0.4, 0.5) is 5.82 Å². The number of hydrogen-bond acceptors (Lipinski definition) is 3. The normalized spacial score (nSPS) is 9.00. The van der Waals surface area contributed by atoms with Crippen molar-refractivity contribution < 1.29 is 45.7 Å². The third-order valence-corrected chi connectivity index (χ3v) is 1.37. The summed E-state index contributed by atoms with van der Waals surface area (Å²) in [6.07, 6.45) is 1.44. The Morgan fingerprint density at radius 1 is 1.64 bits per heavy atom. The van der Waals surface area contributed by atoms with E-state index >= 15 is 0 Å². The van der Waals surface area contributed by atoms with E-state index in [1.54, 1.807) is 7.05 Å². The van der Waals surface area contributed by atoms with Gasteiger partial charge in [0.15, 0.2) is 5.82 Å². The van der Waals surface area contributed by atoms with Gasteiger partial charge in [0.2, 0.25) is 11.7 Å². The van der Waals surface area contributed by atoms with Crippen LogP contribution in [0, 0.1) is 0 Å². The molecule has 6 nitrogen and oxygen atoms in total. The van der Waals surface area contributed by atoms with E-state index in [-0.39, 0.29) is 48.5 Å². The Morgan fingerprint density at radius 2 is 2.21 bits per heavy atom. The van der Waals surface area contributed by atoms with Gasteiger partial charge in [0, 0.05) is 20.2 Å². The zero-order chi connectivity index (χ0) is 10.0. The summed E-state index contributed by atoms with van der Waals surface area (Å²) in [4.78, 5) is 24.8. The molecule has 0 bridgehead atoms. The number of aromatic carboxylic acids is 1. The maximum atomic E-state index is 10.6. The fraction of sp³-hybridized carbons (Fsp3) is 0.286. The van der Waals surface area contributed by atoms with Crippen LogP contribution in [0.15, 0.2) is 6.20 Å². The van der Waals surface area contributed by atoms with E-state index in [9.17, 15) is 9.59 Å². The van der Waals surface area contributed by atoms with E-state index in [0.29, 0.717) is 0 Å². The average molecular weight is 207 g/mol. The van der Waals surface area contributed by atoms with Crippen molar-refractivity contribution >= 4 is 17.7 Å². The van der Waals surface area contributed by atoms with Crippen LogP contribution in [-0.2, 0) is 11.8 Å². The van der Waals surface area contributed by atoms with Crippen molar-refractivity contribution in [3.8, 4) is 0 Å². The van der Waals surface area contributed by atoms with Gasteiger partial charge >= 0.3 is 35.5 Å². The molecule has 0 fully saturated rings. The van der Waals surface area contributed by atoms with Crippen LogP contribution in [0.3, 0.4) is 0 Å². The van der Waals surface area contributed by atoms with Gasteiger partial charge in [0.05, 0.1) is 0 Å². The van der Waals surface area contributed by atoms with Crippen molar-refractivity contribution in [1.29, 1.82) is 0 Å². The van der Waals surface area contributed by atoms with Crippen LogP contribution in [-0.4, -0.2) is 26.5 Å². The standard InChI is InChI=1S/C7H9N3O3.Na.H/c1-4(11)8-5-3-10(2)6(9-5)7(12)13;;/h3H,1-2H3,(H,8,11)(H,12,13);;/q;+1;-1. The molecule has 0 aromatic carbocycles. The fourth-order valence-electron chi connectivity index (χ4n) is 0.906. The zero-order valence-corrected chi connectivity index (χ0v) is 10.2. The molecule has 2 N–H and O–H groups in total. The predicted octanol–water partition coefficient (Wildman–Crippen LogP) is -2.81. The molecule has 1 aromatic heterocycles. The average Bonchev–Trinajstić information content (AvgIpc) is 2.29. The monoisotopic (exact) mass is 207 g/mol. The Bertz CT molecular complexity index is 366. The van der Waals surface area contributed by atoms with Crippen LogP contribution in [0.2, 0.25) is 0 Å². The van der Waals surface area contributed by atoms with E-state index in [1.165, 1.54) is 17.7 Å². The number of anilines is 1. The quantitative estimate of drug-likeness (QED) is 0.513. The number of carbonyl (C=O) groups is 2. The van der Waals surface area contributed by atoms with Crippen LogP contribution >= 0.6 is 0 Å². The van der Waals surface area contributed by atoms with E-state index < -0.39 is 5.97 Å². The summed E-state index contributed by atoms with van der Waals surface area (Å²) < 4.78 is 1.33. The molecule has 1 amide bonds. The third-order valence-electron chi connectivity index (χ3n) is 1.37. The second-order valence-electron chi connectivity index (χ2n) is 2.55. The number of rotatable bonds is 2. The molecule has 1 heterocycles. The Hall–Kier alpha value is -0.850. The summed E-state index contributed by atoms with van der Waals surface area (Å²) in [7, 11) is 1.54. The van der Waals surface area contributed by atoms with Crippen molar-refractivity contribution in [1.82, 2.24) is 9.55 Å². The molecule has 7 heteroatoms. The summed E-state index contributed by atoms with van der Waals surface area (Å²) in [5.41, 5.74) is 0. The van der Waals surface area contributed by atoms with Gasteiger partial charge in [-0.15, -0.1) is 0 Å². The number of nitrogens with one attached hydrogen (secondary N) is 1. The zero-order valence-electron chi connectivity index (χ0n) is 9.24. The van der Waals surface area contributed by atoms with Gasteiger partial charge in [-0.25, -0.2) is 9.78 Å². The molecule has 1 rings (SSSR count). The van der Waals surface area contributed by atoms with Crippen LogP contribution < -0.4 is 34.9 Å². The minimum absolute atomic E-state index is 0. The first-order valence-electron chi connectivity index (χ1n) is 3.55. The number of carboxylic acid groups (broad SMARTS) is 1. The first-order valence-corrected chi connectivity index (χ1v) is 3.55. The Kier molecular flexibility index (Phi) is 4.82. The van der Waals surface area contributed by atoms with Crippen molar-refractivity contribution in [2.24, 2.45) is 7.05 Å². The van der Waals surface area contributed by atoms with Gasteiger partial charge in [-0.1, -0.05) is 0 Å². The number of amides is 1. The number of aromatic nitrogens is 2.